The number of carbonyl (C=O) groups is 1. The van der Waals surface area contributed by atoms with Crippen LogP contribution in [0.1, 0.15) is 33.1 Å². The van der Waals surface area contributed by atoms with Crippen LogP contribution >= 0.6 is 0 Å². The van der Waals surface area contributed by atoms with Gasteiger partial charge in [-0.15, -0.1) is 0 Å². The Bertz CT molecular complexity index is 185. The number of carbonyl (C=O) groups excluding carboxylic acids is 1. The van der Waals surface area contributed by atoms with Crippen LogP contribution < -0.4 is 0 Å². The first-order valence-electron chi connectivity index (χ1n) is 4.73. The van der Waals surface area contributed by atoms with Crippen molar-refractivity contribution in [2.45, 2.75) is 33.1 Å². The van der Waals surface area contributed by atoms with Gasteiger partial charge in [-0.2, -0.15) is 0 Å². The van der Waals surface area contributed by atoms with E-state index in [-0.39, 0.29) is 0 Å². The zero-order valence-electron chi connectivity index (χ0n) is 7.34. The molecule has 62 valence electrons. The highest BCUT2D eigenvalue weighted by atomic mass is 16.1. The maximum atomic E-state index is 11.3. The molecule has 0 aromatic carbocycles. The molecule has 2 aliphatic carbocycles. The molecule has 0 aromatic rings. The van der Waals surface area contributed by atoms with Crippen molar-refractivity contribution in [2.75, 3.05) is 0 Å². The van der Waals surface area contributed by atoms with Gasteiger partial charge in [0.05, 0.1) is 0 Å². The zero-order valence-corrected chi connectivity index (χ0v) is 7.34. The first kappa shape index (κ1) is 7.33. The molecule has 0 amide bonds. The summed E-state index contributed by atoms with van der Waals surface area (Å²) in [7, 11) is 0. The van der Waals surface area contributed by atoms with Crippen LogP contribution in [0.5, 0.6) is 0 Å². The van der Waals surface area contributed by atoms with Crippen LogP contribution in [0.25, 0.3) is 0 Å². The third-order valence-electron chi connectivity index (χ3n) is 3.82. The normalized spacial score (nSPS) is 49.8. The van der Waals surface area contributed by atoms with E-state index in [0.29, 0.717) is 11.7 Å². The highest BCUT2D eigenvalue weighted by Gasteiger charge is 2.45. The van der Waals surface area contributed by atoms with Crippen LogP contribution in [0.4, 0.5) is 0 Å². The lowest BCUT2D eigenvalue weighted by atomic mass is 9.91. The van der Waals surface area contributed by atoms with Crippen LogP contribution in [0.15, 0.2) is 0 Å². The molecular formula is C10H16O. The lowest BCUT2D eigenvalue weighted by molar-refractivity contribution is -0.121. The van der Waals surface area contributed by atoms with Crippen LogP contribution in [-0.2, 0) is 4.79 Å². The Labute approximate surface area is 68.2 Å². The topological polar surface area (TPSA) is 17.1 Å². The summed E-state index contributed by atoms with van der Waals surface area (Å²) in [6.07, 6.45) is 3.54. The van der Waals surface area contributed by atoms with E-state index in [2.05, 4.69) is 13.8 Å². The molecule has 4 atom stereocenters. The highest BCUT2D eigenvalue weighted by Crippen LogP contribution is 2.48. The Hall–Kier alpha value is -0.330. The molecule has 0 heterocycles. The molecular weight excluding hydrogens is 136 g/mol. The van der Waals surface area contributed by atoms with Crippen LogP contribution in [0.2, 0.25) is 0 Å². The molecule has 0 aromatic heterocycles. The number of hydrogen-bond donors (Lipinski definition) is 0. The third-order valence-corrected chi connectivity index (χ3v) is 3.82. The van der Waals surface area contributed by atoms with E-state index in [1.54, 1.807) is 0 Å². The SMILES string of the molecule is C[C@@H]1CC[C@@H]2[C@H]1CC(=O)[C@H]2C. The number of ketones is 1. The summed E-state index contributed by atoms with van der Waals surface area (Å²) < 4.78 is 0. The molecule has 0 N–H and O–H groups in total. The maximum Gasteiger partial charge on any atom is 0.136 e. The van der Waals surface area contributed by atoms with E-state index in [1.807, 2.05) is 0 Å². The van der Waals surface area contributed by atoms with E-state index >= 15 is 0 Å². The van der Waals surface area contributed by atoms with Gasteiger partial charge in [0.2, 0.25) is 0 Å². The predicted octanol–water partition coefficient (Wildman–Crippen LogP) is 2.26. The summed E-state index contributed by atoms with van der Waals surface area (Å²) in [4.78, 5) is 11.3. The summed E-state index contributed by atoms with van der Waals surface area (Å²) in [5.74, 6) is 3.21. The summed E-state index contributed by atoms with van der Waals surface area (Å²) in [5, 5.41) is 0. The van der Waals surface area contributed by atoms with Crippen LogP contribution in [0.3, 0.4) is 0 Å². The van der Waals surface area contributed by atoms with Gasteiger partial charge >= 0.3 is 0 Å². The van der Waals surface area contributed by atoms with E-state index in [1.165, 1.54) is 12.8 Å². The third kappa shape index (κ3) is 0.935. The summed E-state index contributed by atoms with van der Waals surface area (Å²) in [5.41, 5.74) is 0. The maximum absolute atomic E-state index is 11.3. The summed E-state index contributed by atoms with van der Waals surface area (Å²) in [6, 6.07) is 0. The van der Waals surface area contributed by atoms with Gasteiger partial charge in [0, 0.05) is 12.3 Å². The predicted molar refractivity (Wildman–Crippen MR) is 44.2 cm³/mol. The molecule has 0 spiro atoms. The van der Waals surface area contributed by atoms with E-state index in [9.17, 15) is 4.79 Å². The lowest BCUT2D eigenvalue weighted by Crippen LogP contribution is -2.10. The first-order chi connectivity index (χ1) is 5.20. The molecule has 1 nitrogen and oxygen atoms in total. The Kier molecular flexibility index (Phi) is 1.55. The van der Waals surface area contributed by atoms with Crippen molar-refractivity contribution in [3.63, 3.8) is 0 Å². The smallest absolute Gasteiger partial charge is 0.136 e. The van der Waals surface area contributed by atoms with E-state index < -0.39 is 0 Å². The van der Waals surface area contributed by atoms with Gasteiger partial charge in [-0.3, -0.25) is 4.79 Å². The van der Waals surface area contributed by atoms with Gasteiger partial charge in [0.15, 0.2) is 0 Å². The van der Waals surface area contributed by atoms with Gasteiger partial charge < -0.3 is 0 Å². The molecule has 0 bridgehead atoms. The Morgan fingerprint density at radius 2 is 1.91 bits per heavy atom. The molecule has 2 saturated carbocycles. The van der Waals surface area contributed by atoms with E-state index in [0.717, 1.165) is 24.2 Å². The number of fused-ring (bicyclic) bond motifs is 1. The largest absolute Gasteiger partial charge is 0.299 e. The average Bonchev–Trinajstić information content (AvgIpc) is 2.43. The molecule has 0 radical (unpaired) electrons. The van der Waals surface area contributed by atoms with Crippen molar-refractivity contribution in [3.05, 3.63) is 0 Å². The minimum absolute atomic E-state index is 0.380. The fourth-order valence-electron chi connectivity index (χ4n) is 2.94. The lowest BCUT2D eigenvalue weighted by Gasteiger charge is -2.13. The minimum Gasteiger partial charge on any atom is -0.299 e. The van der Waals surface area contributed by atoms with Crippen molar-refractivity contribution in [1.82, 2.24) is 0 Å². The fraction of sp³-hybridized carbons (Fsp3) is 0.900. The van der Waals surface area contributed by atoms with Crippen LogP contribution in [-0.4, -0.2) is 5.78 Å². The van der Waals surface area contributed by atoms with E-state index in [4.69, 9.17) is 0 Å². The van der Waals surface area contributed by atoms with Gasteiger partial charge in [0.1, 0.15) is 5.78 Å². The molecule has 2 rings (SSSR count). The second-order valence-electron chi connectivity index (χ2n) is 4.34. The Morgan fingerprint density at radius 1 is 1.18 bits per heavy atom. The van der Waals surface area contributed by atoms with Crippen molar-refractivity contribution in [3.8, 4) is 0 Å². The summed E-state index contributed by atoms with van der Waals surface area (Å²) >= 11 is 0. The quantitative estimate of drug-likeness (QED) is 0.520. The standard InChI is InChI=1S/C10H16O/c1-6-3-4-8-7(2)10(11)5-9(6)8/h6-9H,3-5H2,1-2H3/t6-,7+,8+,9+/m1/s1. The van der Waals surface area contributed by atoms with Gasteiger partial charge in [0.25, 0.3) is 0 Å². The molecule has 0 saturated heterocycles. The average molecular weight is 152 g/mol. The van der Waals surface area contributed by atoms with Crippen molar-refractivity contribution >= 4 is 5.78 Å². The first-order valence-corrected chi connectivity index (χ1v) is 4.73. The van der Waals surface area contributed by atoms with Crippen molar-refractivity contribution < 1.29 is 4.79 Å². The molecule has 1 heteroatoms. The second kappa shape index (κ2) is 2.33. The van der Waals surface area contributed by atoms with Gasteiger partial charge in [-0.1, -0.05) is 20.3 Å². The van der Waals surface area contributed by atoms with Crippen LogP contribution in [0, 0.1) is 23.7 Å². The molecule has 0 unspecified atom stereocenters. The van der Waals surface area contributed by atoms with Crippen molar-refractivity contribution in [2.24, 2.45) is 23.7 Å². The molecule has 2 aliphatic rings. The molecule has 11 heavy (non-hydrogen) atoms. The number of Topliss-reactive ketones (excluding diaryl/α,β-unsaturated/α-hetero) is 1. The Balaban J connectivity index is 2.18. The van der Waals surface area contributed by atoms with Gasteiger partial charge in [-0.25, -0.2) is 0 Å². The highest BCUT2D eigenvalue weighted by molar-refractivity contribution is 5.83. The minimum atomic E-state index is 0.380. The molecule has 0 aliphatic heterocycles. The number of hydrogen-bond acceptors (Lipinski definition) is 1. The Morgan fingerprint density at radius 3 is 2.55 bits per heavy atom. The second-order valence-corrected chi connectivity index (χ2v) is 4.34. The fourth-order valence-corrected chi connectivity index (χ4v) is 2.94. The monoisotopic (exact) mass is 152 g/mol. The number of rotatable bonds is 0. The summed E-state index contributed by atoms with van der Waals surface area (Å²) in [6.45, 7) is 4.42. The van der Waals surface area contributed by atoms with Crippen molar-refractivity contribution in [1.29, 1.82) is 0 Å². The zero-order chi connectivity index (χ0) is 8.01. The van der Waals surface area contributed by atoms with Gasteiger partial charge in [-0.05, 0) is 24.2 Å². The molecule has 2 fully saturated rings.